The summed E-state index contributed by atoms with van der Waals surface area (Å²) in [6, 6.07) is 0. The van der Waals surface area contributed by atoms with Crippen molar-refractivity contribution in [3.63, 3.8) is 0 Å². The minimum Gasteiger partial charge on any atom is -0.480 e. The number of aliphatic carboxylic acids is 1. The summed E-state index contributed by atoms with van der Waals surface area (Å²) >= 11 is 0. The van der Waals surface area contributed by atoms with E-state index < -0.39 is 5.97 Å². The third-order valence-electron chi connectivity index (χ3n) is 1.40. The number of carbonyl (C=O) groups is 1. The molecule has 0 aliphatic rings. The number of imidazole rings is 1. The van der Waals surface area contributed by atoms with E-state index in [1.54, 1.807) is 17.7 Å². The van der Waals surface area contributed by atoms with Crippen LogP contribution in [0.15, 0.2) is 6.20 Å². The molecule has 0 aromatic carbocycles. The Labute approximate surface area is 64.5 Å². The highest BCUT2D eigenvalue weighted by Gasteiger charge is 2.03. The monoisotopic (exact) mass is 154 g/mol. The van der Waals surface area contributed by atoms with Crippen molar-refractivity contribution in [3.8, 4) is 0 Å². The Morgan fingerprint density at radius 2 is 2.36 bits per heavy atom. The van der Waals surface area contributed by atoms with E-state index in [2.05, 4.69) is 4.98 Å². The van der Waals surface area contributed by atoms with Crippen LogP contribution in [0.4, 0.5) is 0 Å². The summed E-state index contributed by atoms with van der Waals surface area (Å²) < 4.78 is 1.61. The maximum atomic E-state index is 10.3. The van der Waals surface area contributed by atoms with Crippen LogP contribution in [0.5, 0.6) is 0 Å². The van der Waals surface area contributed by atoms with E-state index in [4.69, 9.17) is 5.11 Å². The molecule has 0 aliphatic carbocycles. The van der Waals surface area contributed by atoms with Gasteiger partial charge in [-0.05, 0) is 13.8 Å². The lowest BCUT2D eigenvalue weighted by atomic mass is 10.5. The molecule has 0 unspecified atom stereocenters. The third kappa shape index (κ3) is 1.80. The average Bonchev–Trinajstić information content (AvgIpc) is 2.09. The summed E-state index contributed by atoms with van der Waals surface area (Å²) in [6.07, 6.45) is 1.73. The third-order valence-corrected chi connectivity index (χ3v) is 1.40. The Bertz CT molecular complexity index is 278. The lowest BCUT2D eigenvalue weighted by molar-refractivity contribution is -0.137. The molecule has 1 aromatic rings. The first-order valence-electron chi connectivity index (χ1n) is 3.32. The highest BCUT2D eigenvalue weighted by molar-refractivity contribution is 5.66. The first-order chi connectivity index (χ1) is 5.09. The molecular weight excluding hydrogens is 144 g/mol. The van der Waals surface area contributed by atoms with E-state index in [-0.39, 0.29) is 6.54 Å². The van der Waals surface area contributed by atoms with Crippen molar-refractivity contribution in [2.45, 2.75) is 20.4 Å². The average molecular weight is 154 g/mol. The standard InChI is InChI=1S/C7H10N2O2/c1-5-3-9(4-7(10)11)6(2)8-5/h3H,4H2,1-2H3,(H,10,11). The summed E-state index contributed by atoms with van der Waals surface area (Å²) in [7, 11) is 0. The SMILES string of the molecule is Cc1cn(CC(=O)O)c(C)n1. The van der Waals surface area contributed by atoms with Crippen LogP contribution in [0.3, 0.4) is 0 Å². The zero-order valence-electron chi connectivity index (χ0n) is 6.53. The summed E-state index contributed by atoms with van der Waals surface area (Å²) in [5, 5.41) is 8.45. The van der Waals surface area contributed by atoms with Crippen molar-refractivity contribution >= 4 is 5.97 Å². The van der Waals surface area contributed by atoms with Gasteiger partial charge in [0.2, 0.25) is 0 Å². The molecule has 60 valence electrons. The Balaban J connectivity index is 2.85. The van der Waals surface area contributed by atoms with E-state index in [1.807, 2.05) is 6.92 Å². The van der Waals surface area contributed by atoms with Crippen LogP contribution in [0.25, 0.3) is 0 Å². The highest BCUT2D eigenvalue weighted by Crippen LogP contribution is 1.99. The van der Waals surface area contributed by atoms with Gasteiger partial charge in [-0.15, -0.1) is 0 Å². The molecule has 4 nitrogen and oxygen atoms in total. The Hall–Kier alpha value is -1.32. The maximum Gasteiger partial charge on any atom is 0.323 e. The number of aromatic nitrogens is 2. The van der Waals surface area contributed by atoms with Gasteiger partial charge in [0.15, 0.2) is 0 Å². The van der Waals surface area contributed by atoms with Gasteiger partial charge in [-0.3, -0.25) is 4.79 Å². The van der Waals surface area contributed by atoms with Gasteiger partial charge >= 0.3 is 5.97 Å². The van der Waals surface area contributed by atoms with Crippen LogP contribution in [-0.2, 0) is 11.3 Å². The zero-order valence-corrected chi connectivity index (χ0v) is 6.53. The predicted molar refractivity (Wildman–Crippen MR) is 39.3 cm³/mol. The molecule has 4 heteroatoms. The van der Waals surface area contributed by atoms with Gasteiger partial charge in [-0.1, -0.05) is 0 Å². The molecule has 0 aliphatic heterocycles. The van der Waals surface area contributed by atoms with Crippen molar-refractivity contribution in [1.29, 1.82) is 0 Å². The van der Waals surface area contributed by atoms with Gasteiger partial charge in [-0.25, -0.2) is 4.98 Å². The normalized spacial score (nSPS) is 10.0. The van der Waals surface area contributed by atoms with Crippen LogP contribution in [0.1, 0.15) is 11.5 Å². The van der Waals surface area contributed by atoms with E-state index in [1.165, 1.54) is 0 Å². The lowest BCUT2D eigenvalue weighted by Crippen LogP contribution is -2.08. The maximum absolute atomic E-state index is 10.3. The van der Waals surface area contributed by atoms with E-state index in [0.717, 1.165) is 11.5 Å². The number of hydrogen-bond donors (Lipinski definition) is 1. The van der Waals surface area contributed by atoms with Gasteiger partial charge in [-0.2, -0.15) is 0 Å². The Morgan fingerprint density at radius 1 is 1.73 bits per heavy atom. The molecular formula is C7H10N2O2. The van der Waals surface area contributed by atoms with Gasteiger partial charge in [0.05, 0.1) is 5.69 Å². The first-order valence-corrected chi connectivity index (χ1v) is 3.32. The van der Waals surface area contributed by atoms with Crippen LogP contribution >= 0.6 is 0 Å². The topological polar surface area (TPSA) is 55.1 Å². The number of carboxylic acids is 1. The van der Waals surface area contributed by atoms with Crippen LogP contribution in [0.2, 0.25) is 0 Å². The van der Waals surface area contributed by atoms with Gasteiger partial charge in [0.1, 0.15) is 12.4 Å². The number of nitrogens with zero attached hydrogens (tertiary/aromatic N) is 2. The lowest BCUT2D eigenvalue weighted by Gasteiger charge is -1.97. The second-order valence-corrected chi connectivity index (χ2v) is 2.45. The minimum atomic E-state index is -0.842. The second-order valence-electron chi connectivity index (χ2n) is 2.45. The van der Waals surface area contributed by atoms with E-state index in [9.17, 15) is 4.79 Å². The Kier molecular flexibility index (Phi) is 1.94. The molecule has 0 saturated carbocycles. The first kappa shape index (κ1) is 7.78. The fraction of sp³-hybridized carbons (Fsp3) is 0.429. The number of rotatable bonds is 2. The largest absolute Gasteiger partial charge is 0.480 e. The van der Waals surface area contributed by atoms with Crippen molar-refractivity contribution in [3.05, 3.63) is 17.7 Å². The van der Waals surface area contributed by atoms with E-state index in [0.29, 0.717) is 0 Å². The van der Waals surface area contributed by atoms with Crippen molar-refractivity contribution < 1.29 is 9.90 Å². The quantitative estimate of drug-likeness (QED) is 0.678. The Morgan fingerprint density at radius 3 is 2.73 bits per heavy atom. The van der Waals surface area contributed by atoms with Crippen molar-refractivity contribution in [2.24, 2.45) is 0 Å². The molecule has 0 radical (unpaired) electrons. The second kappa shape index (κ2) is 2.74. The summed E-state index contributed by atoms with van der Waals surface area (Å²) in [5.74, 6) is -0.101. The molecule has 0 fully saturated rings. The van der Waals surface area contributed by atoms with Gasteiger partial charge in [0.25, 0.3) is 0 Å². The van der Waals surface area contributed by atoms with Gasteiger partial charge < -0.3 is 9.67 Å². The molecule has 1 heterocycles. The number of aryl methyl sites for hydroxylation is 2. The smallest absolute Gasteiger partial charge is 0.323 e. The number of hydrogen-bond acceptors (Lipinski definition) is 2. The summed E-state index contributed by atoms with van der Waals surface area (Å²) in [5.41, 5.74) is 0.851. The molecule has 1 aromatic heterocycles. The molecule has 11 heavy (non-hydrogen) atoms. The molecule has 0 amide bonds. The summed E-state index contributed by atoms with van der Waals surface area (Å²) in [4.78, 5) is 14.3. The highest BCUT2D eigenvalue weighted by atomic mass is 16.4. The fourth-order valence-electron chi connectivity index (χ4n) is 0.973. The number of carboxylic acid groups (broad SMARTS) is 1. The van der Waals surface area contributed by atoms with E-state index >= 15 is 0 Å². The summed E-state index contributed by atoms with van der Waals surface area (Å²) in [6.45, 7) is 3.62. The van der Waals surface area contributed by atoms with Crippen molar-refractivity contribution in [2.75, 3.05) is 0 Å². The molecule has 0 spiro atoms. The van der Waals surface area contributed by atoms with Crippen LogP contribution in [0, 0.1) is 13.8 Å². The molecule has 1 N–H and O–H groups in total. The molecule has 0 saturated heterocycles. The fourth-order valence-corrected chi connectivity index (χ4v) is 0.973. The van der Waals surface area contributed by atoms with Crippen molar-refractivity contribution in [1.82, 2.24) is 9.55 Å². The molecule has 1 rings (SSSR count). The molecule has 0 bridgehead atoms. The predicted octanol–water partition coefficient (Wildman–Crippen LogP) is 0.585. The van der Waals surface area contributed by atoms with Crippen LogP contribution in [-0.4, -0.2) is 20.6 Å². The van der Waals surface area contributed by atoms with Crippen LogP contribution < -0.4 is 0 Å². The minimum absolute atomic E-state index is 0.00727. The van der Waals surface area contributed by atoms with Gasteiger partial charge in [0, 0.05) is 6.20 Å². The zero-order chi connectivity index (χ0) is 8.43. The molecule has 0 atom stereocenters.